The van der Waals surface area contributed by atoms with Crippen LogP contribution in [0.5, 0.6) is 0 Å². The third kappa shape index (κ3) is 15.6. The van der Waals surface area contributed by atoms with Gasteiger partial charge in [-0.05, 0) is 32.1 Å². The van der Waals surface area contributed by atoms with Gasteiger partial charge >= 0.3 is 12.0 Å². The van der Waals surface area contributed by atoms with E-state index in [-0.39, 0.29) is 50.3 Å². The van der Waals surface area contributed by atoms with Gasteiger partial charge in [0, 0.05) is 30.5 Å². The molecule has 2 rings (SSSR count). The van der Waals surface area contributed by atoms with Crippen molar-refractivity contribution < 1.29 is 43.2 Å². The highest BCUT2D eigenvalue weighted by Crippen LogP contribution is 2.33. The van der Waals surface area contributed by atoms with E-state index in [2.05, 4.69) is 21.3 Å². The normalized spacial score (nSPS) is 20.2. The summed E-state index contributed by atoms with van der Waals surface area (Å²) in [5.41, 5.74) is 5.31. The zero-order valence-corrected chi connectivity index (χ0v) is 24.6. The van der Waals surface area contributed by atoms with E-state index in [9.17, 15) is 24.3 Å². The molecule has 2 aliphatic rings. The van der Waals surface area contributed by atoms with Crippen LogP contribution < -0.4 is 27.0 Å². The van der Waals surface area contributed by atoms with E-state index in [1.807, 2.05) is 11.8 Å². The van der Waals surface area contributed by atoms with Gasteiger partial charge < -0.3 is 51.1 Å². The first-order chi connectivity index (χ1) is 19.9. The number of carboxylic acid groups (broad SMARTS) is 1. The van der Waals surface area contributed by atoms with Crippen LogP contribution in [0, 0.1) is 0 Å². The van der Waals surface area contributed by atoms with Gasteiger partial charge in [0.25, 0.3) is 0 Å². The van der Waals surface area contributed by atoms with Crippen LogP contribution in [0.2, 0.25) is 0 Å². The standard InChI is InChI=1S/C26H47N5O9S/c27-8-10-37-11-12-38-13-14-39-15-16-40-17-23(33)29-19(25(34)35)5-3-4-9-28-22(32)7-2-1-6-21-24-20(18-41-21)30-26(36)31-24/h19-21,24H,1-18,27H2,(H,28,32)(H,29,33)(H,34,35)(H2,30,31,36)/t19-,20-,21-,24-/m0/s1. The van der Waals surface area contributed by atoms with Crippen LogP contribution in [0.4, 0.5) is 4.79 Å². The number of urea groups is 1. The molecule has 0 aliphatic carbocycles. The first kappa shape index (κ1) is 35.0. The number of rotatable bonds is 25. The van der Waals surface area contributed by atoms with Crippen molar-refractivity contribution in [2.75, 3.05) is 71.7 Å². The molecule has 4 amide bonds. The second-order valence-corrected chi connectivity index (χ2v) is 11.1. The van der Waals surface area contributed by atoms with Gasteiger partial charge in [0.2, 0.25) is 11.8 Å². The average molecular weight is 606 g/mol. The number of amides is 4. The van der Waals surface area contributed by atoms with E-state index in [4.69, 9.17) is 24.7 Å². The first-order valence-electron chi connectivity index (χ1n) is 14.4. The van der Waals surface area contributed by atoms with Crippen LogP contribution in [0.25, 0.3) is 0 Å². The van der Waals surface area contributed by atoms with E-state index in [0.717, 1.165) is 25.0 Å². The second-order valence-electron chi connectivity index (χ2n) is 9.85. The quantitative estimate of drug-likeness (QED) is 0.0584. The smallest absolute Gasteiger partial charge is 0.326 e. The minimum Gasteiger partial charge on any atom is -0.480 e. The summed E-state index contributed by atoms with van der Waals surface area (Å²) in [5, 5.41) is 21.0. The zero-order chi connectivity index (χ0) is 29.7. The molecule has 2 heterocycles. The summed E-state index contributed by atoms with van der Waals surface area (Å²) in [7, 11) is 0. The summed E-state index contributed by atoms with van der Waals surface area (Å²) in [5.74, 6) is -0.722. The Morgan fingerprint density at radius 2 is 1.61 bits per heavy atom. The number of unbranched alkanes of at least 4 members (excludes halogenated alkanes) is 2. The fraction of sp³-hybridized carbons (Fsp3) is 0.846. The maximum atomic E-state index is 12.1. The van der Waals surface area contributed by atoms with Crippen LogP contribution >= 0.6 is 11.8 Å². The molecule has 0 unspecified atom stereocenters. The number of ether oxygens (including phenoxy) is 4. The van der Waals surface area contributed by atoms with Crippen molar-refractivity contribution in [3.8, 4) is 0 Å². The molecule has 41 heavy (non-hydrogen) atoms. The van der Waals surface area contributed by atoms with Gasteiger partial charge in [-0.2, -0.15) is 11.8 Å². The summed E-state index contributed by atoms with van der Waals surface area (Å²) < 4.78 is 21.1. The van der Waals surface area contributed by atoms with Gasteiger partial charge in [-0.15, -0.1) is 0 Å². The lowest BCUT2D eigenvalue weighted by molar-refractivity contribution is -0.142. The molecule has 0 saturated carbocycles. The molecular weight excluding hydrogens is 558 g/mol. The number of nitrogens with one attached hydrogen (secondary N) is 4. The summed E-state index contributed by atoms with van der Waals surface area (Å²) in [6, 6.07) is -0.713. The molecule has 7 N–H and O–H groups in total. The van der Waals surface area contributed by atoms with Gasteiger partial charge in [-0.3, -0.25) is 9.59 Å². The van der Waals surface area contributed by atoms with Crippen molar-refractivity contribution >= 4 is 35.6 Å². The molecule has 4 atom stereocenters. The highest BCUT2D eigenvalue weighted by atomic mass is 32.2. The number of carbonyl (C=O) groups is 4. The number of fused-ring (bicyclic) bond motifs is 1. The molecule has 2 aliphatic heterocycles. The van der Waals surface area contributed by atoms with Gasteiger partial charge in [-0.25, -0.2) is 9.59 Å². The molecule has 0 bridgehead atoms. The first-order valence-corrected chi connectivity index (χ1v) is 15.4. The number of hydrogen-bond donors (Lipinski definition) is 6. The zero-order valence-electron chi connectivity index (χ0n) is 23.7. The summed E-state index contributed by atoms with van der Waals surface area (Å²) in [4.78, 5) is 47.1. The molecule has 0 spiro atoms. The molecule has 236 valence electrons. The summed E-state index contributed by atoms with van der Waals surface area (Å²) in [6.07, 6.45) is 4.50. The maximum Gasteiger partial charge on any atom is 0.326 e. The van der Waals surface area contributed by atoms with Gasteiger partial charge in [0.05, 0.1) is 58.3 Å². The Kier molecular flexibility index (Phi) is 18.4. The number of nitrogens with two attached hydrogens (primary N) is 1. The molecule has 2 saturated heterocycles. The summed E-state index contributed by atoms with van der Waals surface area (Å²) in [6.45, 7) is 3.39. The Balaban J connectivity index is 1.41. The van der Waals surface area contributed by atoms with Gasteiger partial charge in [0.15, 0.2) is 0 Å². The number of thioether (sulfide) groups is 1. The molecule has 0 aromatic carbocycles. The predicted molar refractivity (Wildman–Crippen MR) is 153 cm³/mol. The third-order valence-corrected chi connectivity index (χ3v) is 8.08. The van der Waals surface area contributed by atoms with E-state index >= 15 is 0 Å². The molecule has 0 aromatic heterocycles. The highest BCUT2D eigenvalue weighted by molar-refractivity contribution is 8.00. The Labute approximate surface area is 245 Å². The van der Waals surface area contributed by atoms with Crippen LogP contribution in [-0.2, 0) is 33.3 Å². The lowest BCUT2D eigenvalue weighted by Gasteiger charge is -2.16. The van der Waals surface area contributed by atoms with E-state index in [1.54, 1.807) is 0 Å². The molecule has 0 aromatic rings. The predicted octanol–water partition coefficient (Wildman–Crippen LogP) is -0.407. The second kappa shape index (κ2) is 21.5. The maximum absolute atomic E-state index is 12.1. The number of hydrogen-bond acceptors (Lipinski definition) is 10. The van der Waals surface area contributed by atoms with Gasteiger partial charge in [-0.1, -0.05) is 6.42 Å². The fourth-order valence-electron chi connectivity index (χ4n) is 4.47. The van der Waals surface area contributed by atoms with Crippen molar-refractivity contribution in [2.24, 2.45) is 5.73 Å². The molecular formula is C26H47N5O9S. The topological polar surface area (TPSA) is 200 Å². The molecule has 14 nitrogen and oxygen atoms in total. The molecule has 0 radical (unpaired) electrons. The van der Waals surface area contributed by atoms with Crippen LogP contribution in [0.1, 0.15) is 44.9 Å². The van der Waals surface area contributed by atoms with Crippen LogP contribution in [0.3, 0.4) is 0 Å². The molecule has 15 heteroatoms. The monoisotopic (exact) mass is 605 g/mol. The third-order valence-electron chi connectivity index (χ3n) is 6.57. The van der Waals surface area contributed by atoms with Crippen molar-refractivity contribution in [1.82, 2.24) is 21.3 Å². The highest BCUT2D eigenvalue weighted by Gasteiger charge is 2.42. The number of carboxylic acids is 1. The SMILES string of the molecule is NCCOCCOCCOCCOCC(=O)N[C@@H](CCCCNC(=O)CCCC[C@@H]1SC[C@@H]2NC(=O)N[C@@H]21)C(=O)O. The van der Waals surface area contributed by atoms with Crippen molar-refractivity contribution in [2.45, 2.75) is 68.3 Å². The fourth-order valence-corrected chi connectivity index (χ4v) is 6.01. The lowest BCUT2D eigenvalue weighted by Crippen LogP contribution is -2.42. The lowest BCUT2D eigenvalue weighted by atomic mass is 10.0. The van der Waals surface area contributed by atoms with E-state index in [1.165, 1.54) is 0 Å². The van der Waals surface area contributed by atoms with Gasteiger partial charge in [0.1, 0.15) is 12.6 Å². The van der Waals surface area contributed by atoms with E-state index < -0.39 is 17.9 Å². The van der Waals surface area contributed by atoms with Crippen molar-refractivity contribution in [1.29, 1.82) is 0 Å². The molecule has 2 fully saturated rings. The summed E-state index contributed by atoms with van der Waals surface area (Å²) >= 11 is 1.87. The number of carbonyl (C=O) groups excluding carboxylic acids is 3. The van der Waals surface area contributed by atoms with Crippen molar-refractivity contribution in [3.63, 3.8) is 0 Å². The van der Waals surface area contributed by atoms with Crippen molar-refractivity contribution in [3.05, 3.63) is 0 Å². The van der Waals surface area contributed by atoms with Crippen LogP contribution in [0.15, 0.2) is 0 Å². The van der Waals surface area contributed by atoms with Crippen LogP contribution in [-0.4, -0.2) is 124 Å². The number of aliphatic carboxylic acids is 1. The average Bonchev–Trinajstić information content (AvgIpc) is 3.49. The Hall–Kier alpha value is -2.17. The Morgan fingerprint density at radius 1 is 0.927 bits per heavy atom. The Morgan fingerprint density at radius 3 is 2.29 bits per heavy atom. The minimum atomic E-state index is -1.11. The Bertz CT molecular complexity index is 794. The minimum absolute atomic E-state index is 0.0255. The van der Waals surface area contributed by atoms with E-state index in [0.29, 0.717) is 70.6 Å². The largest absolute Gasteiger partial charge is 0.480 e.